The molecule has 94 valence electrons. The zero-order chi connectivity index (χ0) is 13.3. The summed E-state index contributed by atoms with van der Waals surface area (Å²) in [7, 11) is 1.42. The molecule has 2 rings (SSSR count). The Balaban J connectivity index is 2.61. The molecule has 2 aromatic rings. The monoisotopic (exact) mass is 250 g/mol. The molecule has 0 amide bonds. The van der Waals surface area contributed by atoms with Crippen LogP contribution in [0.25, 0.3) is 11.3 Å². The second-order valence-electron chi connectivity index (χ2n) is 3.75. The summed E-state index contributed by atoms with van der Waals surface area (Å²) in [5.74, 6) is -1.32. The average Bonchev–Trinajstić information content (AvgIpc) is 2.81. The number of hydrogen-bond acceptors (Lipinski definition) is 3. The van der Waals surface area contributed by atoms with Gasteiger partial charge in [0.15, 0.2) is 0 Å². The number of benzene rings is 1. The fourth-order valence-corrected chi connectivity index (χ4v) is 1.63. The van der Waals surface area contributed by atoms with E-state index in [1.807, 2.05) is 0 Å². The third-order valence-electron chi connectivity index (χ3n) is 2.58. The Morgan fingerprint density at radius 1 is 1.50 bits per heavy atom. The van der Waals surface area contributed by atoms with Crippen LogP contribution in [0.2, 0.25) is 0 Å². The number of hydrogen-bond donors (Lipinski definition) is 2. The summed E-state index contributed by atoms with van der Waals surface area (Å²) < 4.78 is 19.1. The van der Waals surface area contributed by atoms with E-state index in [0.717, 1.165) is 0 Å². The maximum atomic E-state index is 14.1. The number of carbonyl (C=O) groups is 1. The molecule has 0 saturated heterocycles. The second kappa shape index (κ2) is 4.48. The molecule has 0 radical (unpaired) electrons. The summed E-state index contributed by atoms with van der Waals surface area (Å²) in [6.07, 6.45) is 0. The van der Waals surface area contributed by atoms with Crippen LogP contribution in [0.4, 0.5) is 4.39 Å². The molecule has 1 heterocycles. The number of methoxy groups -OCH3 is 1. The van der Waals surface area contributed by atoms with Gasteiger partial charge in [0, 0.05) is 0 Å². The third-order valence-corrected chi connectivity index (χ3v) is 2.58. The van der Waals surface area contributed by atoms with E-state index >= 15 is 0 Å². The molecule has 0 aliphatic heterocycles. The van der Waals surface area contributed by atoms with Crippen molar-refractivity contribution >= 4 is 5.97 Å². The van der Waals surface area contributed by atoms with E-state index in [1.54, 1.807) is 19.1 Å². The number of H-pyrrole nitrogens is 1. The quantitative estimate of drug-likeness (QED) is 0.875. The van der Waals surface area contributed by atoms with Gasteiger partial charge in [-0.1, -0.05) is 6.07 Å². The topological polar surface area (TPSA) is 75.2 Å². The molecule has 6 heteroatoms. The molecular formula is C12H11FN2O3. The third kappa shape index (κ3) is 1.92. The SMILES string of the molecule is COc1ccc(C)c(F)c1-c1cc(C(=O)O)[nH]n1. The van der Waals surface area contributed by atoms with Gasteiger partial charge in [0.2, 0.25) is 0 Å². The molecule has 0 unspecified atom stereocenters. The van der Waals surface area contributed by atoms with E-state index in [-0.39, 0.29) is 17.0 Å². The highest BCUT2D eigenvalue weighted by molar-refractivity contribution is 5.87. The minimum Gasteiger partial charge on any atom is -0.496 e. The van der Waals surface area contributed by atoms with Crippen LogP contribution < -0.4 is 4.74 Å². The van der Waals surface area contributed by atoms with Crippen molar-refractivity contribution in [3.8, 4) is 17.0 Å². The lowest BCUT2D eigenvalue weighted by molar-refractivity contribution is 0.0690. The van der Waals surface area contributed by atoms with Crippen LogP contribution in [0.1, 0.15) is 16.1 Å². The Hall–Kier alpha value is -2.37. The normalized spacial score (nSPS) is 10.4. The van der Waals surface area contributed by atoms with Gasteiger partial charge in [-0.2, -0.15) is 5.10 Å². The van der Waals surface area contributed by atoms with Gasteiger partial charge in [-0.15, -0.1) is 0 Å². The highest BCUT2D eigenvalue weighted by Gasteiger charge is 2.18. The minimum atomic E-state index is -1.15. The smallest absolute Gasteiger partial charge is 0.353 e. The molecule has 0 aliphatic carbocycles. The van der Waals surface area contributed by atoms with Crippen molar-refractivity contribution in [2.75, 3.05) is 7.11 Å². The van der Waals surface area contributed by atoms with E-state index in [9.17, 15) is 9.18 Å². The van der Waals surface area contributed by atoms with Gasteiger partial charge in [0.25, 0.3) is 0 Å². The van der Waals surface area contributed by atoms with Gasteiger partial charge >= 0.3 is 5.97 Å². The van der Waals surface area contributed by atoms with E-state index in [1.165, 1.54) is 13.2 Å². The lowest BCUT2D eigenvalue weighted by Gasteiger charge is -2.08. The van der Waals surface area contributed by atoms with E-state index in [0.29, 0.717) is 11.3 Å². The van der Waals surface area contributed by atoms with Gasteiger partial charge in [-0.25, -0.2) is 9.18 Å². The largest absolute Gasteiger partial charge is 0.496 e. The summed E-state index contributed by atoms with van der Waals surface area (Å²) in [5.41, 5.74) is 0.685. The number of aromatic amines is 1. The standard InChI is InChI=1S/C12H11FN2O3/c1-6-3-4-9(18-2)10(11(6)13)7-5-8(12(16)17)15-14-7/h3-5H,1-2H3,(H,14,15)(H,16,17). The zero-order valence-electron chi connectivity index (χ0n) is 9.82. The van der Waals surface area contributed by atoms with Crippen molar-refractivity contribution in [2.45, 2.75) is 6.92 Å². The lowest BCUT2D eigenvalue weighted by Crippen LogP contribution is -1.95. The molecule has 1 aromatic carbocycles. The molecule has 2 N–H and O–H groups in total. The van der Waals surface area contributed by atoms with Crippen molar-refractivity contribution in [2.24, 2.45) is 0 Å². The first-order chi connectivity index (χ1) is 8.54. The summed E-state index contributed by atoms with van der Waals surface area (Å²) in [6, 6.07) is 4.47. The molecule has 0 saturated carbocycles. The first-order valence-corrected chi connectivity index (χ1v) is 5.16. The fourth-order valence-electron chi connectivity index (χ4n) is 1.63. The van der Waals surface area contributed by atoms with Crippen LogP contribution in [0.5, 0.6) is 5.75 Å². The highest BCUT2D eigenvalue weighted by Crippen LogP contribution is 2.33. The Bertz CT molecular complexity index is 607. The molecule has 0 atom stereocenters. The summed E-state index contributed by atoms with van der Waals surface area (Å²) in [5, 5.41) is 14.9. The first-order valence-electron chi connectivity index (χ1n) is 5.16. The Labute approximate surface area is 102 Å². The highest BCUT2D eigenvalue weighted by atomic mass is 19.1. The molecule has 18 heavy (non-hydrogen) atoms. The van der Waals surface area contributed by atoms with Crippen molar-refractivity contribution in [3.63, 3.8) is 0 Å². The number of aryl methyl sites for hydroxylation is 1. The van der Waals surface area contributed by atoms with Crippen LogP contribution >= 0.6 is 0 Å². The van der Waals surface area contributed by atoms with Crippen LogP contribution in [-0.4, -0.2) is 28.4 Å². The van der Waals surface area contributed by atoms with Crippen LogP contribution in [0.15, 0.2) is 18.2 Å². The van der Waals surface area contributed by atoms with Crippen molar-refractivity contribution in [1.82, 2.24) is 10.2 Å². The molecule has 1 aromatic heterocycles. The number of rotatable bonds is 3. The minimum absolute atomic E-state index is 0.104. The van der Waals surface area contributed by atoms with E-state index in [2.05, 4.69) is 10.2 Å². The molecular weight excluding hydrogens is 239 g/mol. The number of carboxylic acids is 1. The Morgan fingerprint density at radius 3 is 2.78 bits per heavy atom. The fraction of sp³-hybridized carbons (Fsp3) is 0.167. The molecule has 0 bridgehead atoms. The Kier molecular flexibility index (Phi) is 3.01. The van der Waals surface area contributed by atoms with Crippen LogP contribution in [0, 0.1) is 12.7 Å². The summed E-state index contributed by atoms with van der Waals surface area (Å²) >= 11 is 0. The van der Waals surface area contributed by atoms with Crippen molar-refractivity contribution in [3.05, 3.63) is 35.3 Å². The maximum absolute atomic E-state index is 14.1. The zero-order valence-corrected chi connectivity index (χ0v) is 9.82. The van der Waals surface area contributed by atoms with Gasteiger partial charge in [0.1, 0.15) is 17.3 Å². The number of aromatic carboxylic acids is 1. The number of aromatic nitrogens is 2. The molecule has 0 aliphatic rings. The predicted octanol–water partition coefficient (Wildman–Crippen LogP) is 2.23. The number of nitrogens with one attached hydrogen (secondary N) is 1. The van der Waals surface area contributed by atoms with Crippen LogP contribution in [0.3, 0.4) is 0 Å². The molecule has 0 spiro atoms. The van der Waals surface area contributed by atoms with Crippen molar-refractivity contribution in [1.29, 1.82) is 0 Å². The number of ether oxygens (including phenoxy) is 1. The van der Waals surface area contributed by atoms with Gasteiger partial charge in [0.05, 0.1) is 18.4 Å². The summed E-state index contributed by atoms with van der Waals surface area (Å²) in [6.45, 7) is 1.61. The van der Waals surface area contributed by atoms with E-state index < -0.39 is 11.8 Å². The summed E-state index contributed by atoms with van der Waals surface area (Å²) in [4.78, 5) is 10.8. The number of nitrogens with zero attached hydrogens (tertiary/aromatic N) is 1. The average molecular weight is 250 g/mol. The molecule has 0 fully saturated rings. The van der Waals surface area contributed by atoms with Gasteiger partial charge < -0.3 is 9.84 Å². The maximum Gasteiger partial charge on any atom is 0.353 e. The van der Waals surface area contributed by atoms with Gasteiger partial charge in [-0.05, 0) is 24.6 Å². The number of halogens is 1. The predicted molar refractivity (Wildman–Crippen MR) is 62.2 cm³/mol. The van der Waals surface area contributed by atoms with Crippen LogP contribution in [-0.2, 0) is 0 Å². The number of carboxylic acid groups (broad SMARTS) is 1. The second-order valence-corrected chi connectivity index (χ2v) is 3.75. The van der Waals surface area contributed by atoms with E-state index in [4.69, 9.17) is 9.84 Å². The first kappa shape index (κ1) is 12.1. The lowest BCUT2D eigenvalue weighted by atomic mass is 10.1. The Morgan fingerprint density at radius 2 is 2.22 bits per heavy atom. The van der Waals surface area contributed by atoms with Gasteiger partial charge in [-0.3, -0.25) is 5.10 Å². The van der Waals surface area contributed by atoms with Crippen molar-refractivity contribution < 1.29 is 19.0 Å². The molecule has 5 nitrogen and oxygen atoms in total.